The molecule has 2 rings (SSSR count). The molecule has 156 valence electrons. The van der Waals surface area contributed by atoms with Crippen LogP contribution in [-0.2, 0) is 25.8 Å². The molecule has 0 aromatic heterocycles. The molecule has 0 unspecified atom stereocenters. The smallest absolute Gasteiger partial charge is 0.341 e. The molecule has 29 heavy (non-hydrogen) atoms. The summed E-state index contributed by atoms with van der Waals surface area (Å²) in [5.74, 6) is -4.89. The molecule has 0 bridgehead atoms. The lowest BCUT2D eigenvalue weighted by Crippen LogP contribution is -2.36. The van der Waals surface area contributed by atoms with Gasteiger partial charge in [-0.25, -0.2) is 13.2 Å². The standard InChI is InChI=1S/C20H21F2NO5S/c1-14(7-8-15-5-3-2-4-6-15)23-18(24)13-28-19(25)16-9-11-17(12-10-16)29(26,27)20(21)22/h2-6,9-12,14,20H,7-8,13H2,1H3,(H,23,24)/t14-/m1/s1. The molecular weight excluding hydrogens is 404 g/mol. The first-order valence-electron chi connectivity index (χ1n) is 8.82. The molecule has 2 aromatic rings. The first-order chi connectivity index (χ1) is 13.7. The number of aryl methyl sites for hydroxylation is 1. The van der Waals surface area contributed by atoms with Crippen LogP contribution in [0.5, 0.6) is 0 Å². The zero-order valence-corrected chi connectivity index (χ0v) is 16.5. The Morgan fingerprint density at radius 3 is 2.24 bits per heavy atom. The minimum atomic E-state index is -4.73. The summed E-state index contributed by atoms with van der Waals surface area (Å²) in [5, 5.41) is 2.72. The SMILES string of the molecule is C[C@H](CCc1ccccc1)NC(=O)COC(=O)c1ccc(S(=O)(=O)C(F)F)cc1. The second-order valence-electron chi connectivity index (χ2n) is 6.40. The van der Waals surface area contributed by atoms with Crippen molar-refractivity contribution < 1.29 is 31.5 Å². The Kier molecular flexibility index (Phi) is 7.83. The summed E-state index contributed by atoms with van der Waals surface area (Å²) >= 11 is 0. The van der Waals surface area contributed by atoms with Crippen LogP contribution in [-0.4, -0.2) is 38.7 Å². The molecule has 0 aliphatic rings. The van der Waals surface area contributed by atoms with Crippen LogP contribution in [0.25, 0.3) is 0 Å². The molecule has 6 nitrogen and oxygen atoms in total. The van der Waals surface area contributed by atoms with Crippen molar-refractivity contribution in [2.45, 2.75) is 36.5 Å². The molecule has 0 heterocycles. The minimum Gasteiger partial charge on any atom is -0.452 e. The molecule has 0 spiro atoms. The second kappa shape index (κ2) is 10.1. The average molecular weight is 425 g/mol. The highest BCUT2D eigenvalue weighted by atomic mass is 32.2. The number of rotatable bonds is 9. The molecule has 0 saturated heterocycles. The maximum Gasteiger partial charge on any atom is 0.341 e. The molecule has 2 aromatic carbocycles. The van der Waals surface area contributed by atoms with Gasteiger partial charge < -0.3 is 10.1 Å². The number of hydrogen-bond donors (Lipinski definition) is 1. The number of benzene rings is 2. The van der Waals surface area contributed by atoms with Gasteiger partial charge in [-0.2, -0.15) is 8.78 Å². The van der Waals surface area contributed by atoms with E-state index in [1.807, 2.05) is 37.3 Å². The number of esters is 1. The molecule has 1 amide bonds. The van der Waals surface area contributed by atoms with Crippen molar-refractivity contribution in [2.75, 3.05) is 6.61 Å². The molecule has 1 atom stereocenters. The summed E-state index contributed by atoms with van der Waals surface area (Å²) in [5.41, 5.74) is 1.10. The van der Waals surface area contributed by atoms with Crippen molar-refractivity contribution in [2.24, 2.45) is 0 Å². The van der Waals surface area contributed by atoms with E-state index in [1.54, 1.807) is 0 Å². The fraction of sp³-hybridized carbons (Fsp3) is 0.300. The molecule has 0 aliphatic heterocycles. The number of carbonyl (C=O) groups is 2. The van der Waals surface area contributed by atoms with Crippen molar-refractivity contribution in [3.05, 3.63) is 65.7 Å². The zero-order chi connectivity index (χ0) is 21.4. The second-order valence-corrected chi connectivity index (χ2v) is 8.32. The third kappa shape index (κ3) is 6.63. The van der Waals surface area contributed by atoms with Gasteiger partial charge in [-0.15, -0.1) is 0 Å². The van der Waals surface area contributed by atoms with Crippen molar-refractivity contribution in [1.29, 1.82) is 0 Å². The van der Waals surface area contributed by atoms with Gasteiger partial charge in [0.05, 0.1) is 10.5 Å². The maximum absolute atomic E-state index is 12.5. The topological polar surface area (TPSA) is 89.5 Å². The van der Waals surface area contributed by atoms with Crippen LogP contribution < -0.4 is 5.32 Å². The van der Waals surface area contributed by atoms with Crippen LogP contribution >= 0.6 is 0 Å². The monoisotopic (exact) mass is 425 g/mol. The van der Waals surface area contributed by atoms with E-state index in [2.05, 4.69) is 5.32 Å². The lowest BCUT2D eigenvalue weighted by molar-refractivity contribution is -0.124. The van der Waals surface area contributed by atoms with E-state index in [1.165, 1.54) is 0 Å². The predicted octanol–water partition coefficient (Wildman–Crippen LogP) is 2.98. The van der Waals surface area contributed by atoms with Crippen molar-refractivity contribution >= 4 is 21.7 Å². The van der Waals surface area contributed by atoms with Crippen LogP contribution in [0, 0.1) is 0 Å². The summed E-state index contributed by atoms with van der Waals surface area (Å²) in [4.78, 5) is 23.2. The van der Waals surface area contributed by atoms with E-state index >= 15 is 0 Å². The fourth-order valence-electron chi connectivity index (χ4n) is 2.51. The molecule has 0 aliphatic carbocycles. The van der Waals surface area contributed by atoms with Gasteiger partial charge in [0.1, 0.15) is 0 Å². The van der Waals surface area contributed by atoms with Gasteiger partial charge in [-0.05, 0) is 49.6 Å². The first kappa shape index (κ1) is 22.5. The number of sulfone groups is 1. The van der Waals surface area contributed by atoms with Gasteiger partial charge in [0.2, 0.25) is 9.84 Å². The summed E-state index contributed by atoms with van der Waals surface area (Å²) < 4.78 is 52.6. The van der Waals surface area contributed by atoms with Crippen molar-refractivity contribution in [3.8, 4) is 0 Å². The highest BCUT2D eigenvalue weighted by Crippen LogP contribution is 2.18. The number of alkyl halides is 2. The highest BCUT2D eigenvalue weighted by Gasteiger charge is 2.26. The Morgan fingerprint density at radius 1 is 1.03 bits per heavy atom. The molecule has 0 saturated carbocycles. The number of nitrogens with one attached hydrogen (secondary N) is 1. The predicted molar refractivity (Wildman–Crippen MR) is 102 cm³/mol. The van der Waals surface area contributed by atoms with Crippen molar-refractivity contribution in [1.82, 2.24) is 5.32 Å². The van der Waals surface area contributed by atoms with Crippen molar-refractivity contribution in [3.63, 3.8) is 0 Å². The highest BCUT2D eigenvalue weighted by molar-refractivity contribution is 7.91. The lowest BCUT2D eigenvalue weighted by Gasteiger charge is -2.14. The lowest BCUT2D eigenvalue weighted by atomic mass is 10.1. The van der Waals surface area contributed by atoms with E-state index in [0.717, 1.165) is 36.2 Å². The number of amides is 1. The Balaban J connectivity index is 1.80. The van der Waals surface area contributed by atoms with Gasteiger partial charge in [0.25, 0.3) is 5.91 Å². The molecular formula is C20H21F2NO5S. The van der Waals surface area contributed by atoms with Crippen LogP contribution in [0.3, 0.4) is 0 Å². The van der Waals surface area contributed by atoms with E-state index < -0.39 is 39.0 Å². The molecule has 0 radical (unpaired) electrons. The first-order valence-corrected chi connectivity index (χ1v) is 10.4. The van der Waals surface area contributed by atoms with Crippen LogP contribution in [0.2, 0.25) is 0 Å². The van der Waals surface area contributed by atoms with E-state index in [9.17, 15) is 26.8 Å². The third-order valence-corrected chi connectivity index (χ3v) is 5.50. The maximum atomic E-state index is 12.5. The van der Waals surface area contributed by atoms with Gasteiger partial charge in [0, 0.05) is 6.04 Å². The Morgan fingerprint density at radius 2 is 1.66 bits per heavy atom. The normalized spacial score (nSPS) is 12.4. The summed E-state index contributed by atoms with van der Waals surface area (Å²) in [6, 6.07) is 13.6. The zero-order valence-electron chi connectivity index (χ0n) is 15.7. The Labute approximate surface area is 167 Å². The van der Waals surface area contributed by atoms with Gasteiger partial charge in [-0.3, -0.25) is 4.79 Å². The average Bonchev–Trinajstić information content (AvgIpc) is 2.71. The van der Waals surface area contributed by atoms with E-state index in [4.69, 9.17) is 4.74 Å². The van der Waals surface area contributed by atoms with Gasteiger partial charge in [0.15, 0.2) is 6.61 Å². The van der Waals surface area contributed by atoms with Crippen LogP contribution in [0.4, 0.5) is 8.78 Å². The van der Waals surface area contributed by atoms with E-state index in [-0.39, 0.29) is 11.6 Å². The number of ether oxygens (including phenoxy) is 1. The fourth-order valence-corrected chi connectivity index (χ4v) is 3.24. The summed E-state index contributed by atoms with van der Waals surface area (Å²) in [7, 11) is -4.73. The Hall–Kier alpha value is -2.81. The minimum absolute atomic E-state index is 0.0526. The Bertz CT molecular complexity index is 931. The molecule has 1 N–H and O–H groups in total. The third-order valence-electron chi connectivity index (χ3n) is 4.10. The summed E-state index contributed by atoms with van der Waals surface area (Å²) in [6.07, 6.45) is 1.50. The van der Waals surface area contributed by atoms with Gasteiger partial charge in [-0.1, -0.05) is 30.3 Å². The van der Waals surface area contributed by atoms with Crippen LogP contribution in [0.1, 0.15) is 29.3 Å². The largest absolute Gasteiger partial charge is 0.452 e. The van der Waals surface area contributed by atoms with Crippen LogP contribution in [0.15, 0.2) is 59.5 Å². The molecule has 0 fully saturated rings. The number of carbonyl (C=O) groups excluding carboxylic acids is 2. The van der Waals surface area contributed by atoms with Gasteiger partial charge >= 0.3 is 11.7 Å². The quantitative estimate of drug-likeness (QED) is 0.624. The van der Waals surface area contributed by atoms with E-state index in [0.29, 0.717) is 6.42 Å². The number of hydrogen-bond acceptors (Lipinski definition) is 5. The number of halogens is 2. The summed E-state index contributed by atoms with van der Waals surface area (Å²) in [6.45, 7) is 1.33. The molecule has 9 heteroatoms.